The Kier molecular flexibility index (Phi) is 6.31. The lowest BCUT2D eigenvalue weighted by Gasteiger charge is -2.08. The van der Waals surface area contributed by atoms with E-state index in [9.17, 15) is 9.59 Å². The molecule has 0 spiro atoms. The SMILES string of the molecule is Cc1ccc(OCC(=O)NNC(=O)Cc2csc(C(C)C)n2)cc1. The number of nitrogens with zero attached hydrogens (tertiary/aromatic N) is 1. The molecule has 0 unspecified atom stereocenters. The number of aromatic nitrogens is 1. The summed E-state index contributed by atoms with van der Waals surface area (Å²) in [7, 11) is 0. The van der Waals surface area contributed by atoms with Crippen molar-refractivity contribution in [2.45, 2.75) is 33.1 Å². The van der Waals surface area contributed by atoms with Gasteiger partial charge in [0.1, 0.15) is 5.75 Å². The van der Waals surface area contributed by atoms with Crippen LogP contribution in [0.25, 0.3) is 0 Å². The van der Waals surface area contributed by atoms with Crippen molar-refractivity contribution in [1.82, 2.24) is 15.8 Å². The molecule has 1 heterocycles. The molecule has 2 aromatic rings. The van der Waals surface area contributed by atoms with E-state index in [0.29, 0.717) is 17.4 Å². The molecular weight excluding hydrogens is 326 g/mol. The number of amides is 2. The molecule has 0 radical (unpaired) electrons. The summed E-state index contributed by atoms with van der Waals surface area (Å²) in [5.74, 6) is 0.195. The van der Waals surface area contributed by atoms with Crippen molar-refractivity contribution >= 4 is 23.2 Å². The highest BCUT2D eigenvalue weighted by molar-refractivity contribution is 7.09. The standard InChI is InChI=1S/C17H21N3O3S/c1-11(2)17-18-13(10-24-17)8-15(21)19-20-16(22)9-23-14-6-4-12(3)5-7-14/h4-7,10-11H,8-9H2,1-3H3,(H,19,21)(H,20,22). The lowest BCUT2D eigenvalue weighted by molar-refractivity contribution is -0.129. The Hall–Kier alpha value is -2.41. The highest BCUT2D eigenvalue weighted by Gasteiger charge is 2.10. The van der Waals surface area contributed by atoms with Gasteiger partial charge in [-0.2, -0.15) is 0 Å². The molecule has 1 aromatic heterocycles. The van der Waals surface area contributed by atoms with Gasteiger partial charge in [-0.15, -0.1) is 11.3 Å². The third-order valence-electron chi connectivity index (χ3n) is 3.14. The first-order chi connectivity index (χ1) is 11.4. The molecular formula is C17H21N3O3S. The van der Waals surface area contributed by atoms with Crippen molar-refractivity contribution in [3.63, 3.8) is 0 Å². The van der Waals surface area contributed by atoms with Gasteiger partial charge in [0.2, 0.25) is 5.91 Å². The normalized spacial score (nSPS) is 10.5. The van der Waals surface area contributed by atoms with Gasteiger partial charge in [-0.05, 0) is 19.1 Å². The Labute approximate surface area is 145 Å². The van der Waals surface area contributed by atoms with Gasteiger partial charge in [0, 0.05) is 11.3 Å². The van der Waals surface area contributed by atoms with Crippen LogP contribution in [0.5, 0.6) is 5.75 Å². The topological polar surface area (TPSA) is 80.3 Å². The molecule has 2 amide bonds. The predicted molar refractivity (Wildman–Crippen MR) is 92.9 cm³/mol. The minimum absolute atomic E-state index is 0.127. The van der Waals surface area contributed by atoms with Gasteiger partial charge in [-0.25, -0.2) is 4.98 Å². The molecule has 0 aliphatic rings. The molecule has 0 atom stereocenters. The van der Waals surface area contributed by atoms with Crippen LogP contribution in [0.4, 0.5) is 0 Å². The number of ether oxygens (including phenoxy) is 1. The van der Waals surface area contributed by atoms with Crippen LogP contribution >= 0.6 is 11.3 Å². The molecule has 6 nitrogen and oxygen atoms in total. The summed E-state index contributed by atoms with van der Waals surface area (Å²) in [5.41, 5.74) is 6.50. The summed E-state index contributed by atoms with van der Waals surface area (Å²) in [6.45, 7) is 5.91. The molecule has 0 bridgehead atoms. The number of carbonyl (C=O) groups excluding carboxylic acids is 2. The average molecular weight is 347 g/mol. The van der Waals surface area contributed by atoms with E-state index in [4.69, 9.17) is 4.74 Å². The van der Waals surface area contributed by atoms with Crippen molar-refractivity contribution in [1.29, 1.82) is 0 Å². The first-order valence-electron chi connectivity index (χ1n) is 7.65. The number of hydrazine groups is 1. The second-order valence-corrected chi connectivity index (χ2v) is 6.60. The molecule has 1 aromatic carbocycles. The molecule has 0 saturated carbocycles. The van der Waals surface area contributed by atoms with Gasteiger partial charge in [0.05, 0.1) is 17.1 Å². The smallest absolute Gasteiger partial charge is 0.276 e. The predicted octanol–water partition coefficient (Wildman–Crippen LogP) is 2.34. The van der Waals surface area contributed by atoms with Crippen LogP contribution in [0, 0.1) is 6.92 Å². The quantitative estimate of drug-likeness (QED) is 0.786. The van der Waals surface area contributed by atoms with E-state index in [-0.39, 0.29) is 18.9 Å². The molecule has 2 N–H and O–H groups in total. The minimum Gasteiger partial charge on any atom is -0.484 e. The zero-order chi connectivity index (χ0) is 17.5. The van der Waals surface area contributed by atoms with Crippen LogP contribution in [0.2, 0.25) is 0 Å². The van der Waals surface area contributed by atoms with Crippen LogP contribution in [0.15, 0.2) is 29.6 Å². The fourth-order valence-corrected chi connectivity index (χ4v) is 2.67. The zero-order valence-electron chi connectivity index (χ0n) is 14.0. The van der Waals surface area contributed by atoms with Crippen molar-refractivity contribution in [3.05, 3.63) is 45.9 Å². The molecule has 128 valence electrons. The highest BCUT2D eigenvalue weighted by atomic mass is 32.1. The van der Waals surface area contributed by atoms with Crippen LogP contribution < -0.4 is 15.6 Å². The number of nitrogens with one attached hydrogen (secondary N) is 2. The average Bonchev–Trinajstić information content (AvgIpc) is 3.01. The number of benzene rings is 1. The van der Waals surface area contributed by atoms with Gasteiger partial charge in [-0.3, -0.25) is 20.4 Å². The monoisotopic (exact) mass is 347 g/mol. The van der Waals surface area contributed by atoms with Crippen molar-refractivity contribution in [3.8, 4) is 5.75 Å². The maximum absolute atomic E-state index is 11.8. The first kappa shape index (κ1) is 17.9. The summed E-state index contributed by atoms with van der Waals surface area (Å²) in [6, 6.07) is 7.37. The van der Waals surface area contributed by atoms with Gasteiger partial charge in [0.15, 0.2) is 6.61 Å². The third kappa shape index (κ3) is 5.66. The summed E-state index contributed by atoms with van der Waals surface area (Å²) in [4.78, 5) is 27.9. The Bertz CT molecular complexity index is 695. The van der Waals surface area contributed by atoms with E-state index in [1.165, 1.54) is 11.3 Å². The minimum atomic E-state index is -0.426. The molecule has 0 saturated heterocycles. The molecule has 7 heteroatoms. The summed E-state index contributed by atoms with van der Waals surface area (Å²) in [5, 5.41) is 2.85. The Morgan fingerprint density at radius 3 is 2.46 bits per heavy atom. The van der Waals surface area contributed by atoms with Gasteiger partial charge >= 0.3 is 0 Å². The van der Waals surface area contributed by atoms with Crippen molar-refractivity contribution in [2.24, 2.45) is 0 Å². The van der Waals surface area contributed by atoms with E-state index >= 15 is 0 Å². The van der Waals surface area contributed by atoms with E-state index in [0.717, 1.165) is 10.6 Å². The van der Waals surface area contributed by atoms with E-state index < -0.39 is 5.91 Å². The van der Waals surface area contributed by atoms with E-state index in [1.807, 2.05) is 24.4 Å². The maximum atomic E-state index is 11.8. The zero-order valence-corrected chi connectivity index (χ0v) is 14.8. The fraction of sp³-hybridized carbons (Fsp3) is 0.353. The van der Waals surface area contributed by atoms with Crippen LogP contribution in [-0.2, 0) is 16.0 Å². The molecule has 0 fully saturated rings. The second-order valence-electron chi connectivity index (χ2n) is 5.71. The van der Waals surface area contributed by atoms with Gasteiger partial charge in [-0.1, -0.05) is 31.5 Å². The fourth-order valence-electron chi connectivity index (χ4n) is 1.84. The van der Waals surface area contributed by atoms with E-state index in [2.05, 4.69) is 29.7 Å². The Morgan fingerprint density at radius 1 is 1.17 bits per heavy atom. The lowest BCUT2D eigenvalue weighted by atomic mass is 10.2. The van der Waals surface area contributed by atoms with Crippen LogP contribution in [0.3, 0.4) is 0 Å². The number of rotatable bonds is 6. The number of hydrogen-bond acceptors (Lipinski definition) is 5. The Morgan fingerprint density at radius 2 is 1.83 bits per heavy atom. The molecule has 2 rings (SSSR count). The second kappa shape index (κ2) is 8.44. The van der Waals surface area contributed by atoms with Crippen molar-refractivity contribution < 1.29 is 14.3 Å². The van der Waals surface area contributed by atoms with Gasteiger partial charge < -0.3 is 4.74 Å². The maximum Gasteiger partial charge on any atom is 0.276 e. The molecule has 24 heavy (non-hydrogen) atoms. The number of carbonyl (C=O) groups is 2. The number of hydrogen-bond donors (Lipinski definition) is 2. The molecule has 0 aliphatic heterocycles. The van der Waals surface area contributed by atoms with Crippen LogP contribution in [0.1, 0.15) is 36.0 Å². The summed E-state index contributed by atoms with van der Waals surface area (Å²) >= 11 is 1.53. The van der Waals surface area contributed by atoms with Gasteiger partial charge in [0.25, 0.3) is 5.91 Å². The molecule has 0 aliphatic carbocycles. The number of thiazole rings is 1. The Balaban J connectivity index is 1.70. The first-order valence-corrected chi connectivity index (χ1v) is 8.53. The largest absolute Gasteiger partial charge is 0.484 e. The lowest BCUT2D eigenvalue weighted by Crippen LogP contribution is -2.44. The summed E-state index contributed by atoms with van der Waals surface area (Å²) in [6.07, 6.45) is 0.127. The van der Waals surface area contributed by atoms with E-state index in [1.54, 1.807) is 12.1 Å². The third-order valence-corrected chi connectivity index (χ3v) is 4.33. The van der Waals surface area contributed by atoms with Crippen molar-refractivity contribution in [2.75, 3.05) is 6.61 Å². The number of aryl methyl sites for hydroxylation is 1. The van der Waals surface area contributed by atoms with Crippen LogP contribution in [-0.4, -0.2) is 23.4 Å². The highest BCUT2D eigenvalue weighted by Crippen LogP contribution is 2.19. The summed E-state index contributed by atoms with van der Waals surface area (Å²) < 4.78 is 5.33.